The summed E-state index contributed by atoms with van der Waals surface area (Å²) in [7, 11) is 0. The van der Waals surface area contributed by atoms with E-state index in [9.17, 15) is 9.90 Å². The van der Waals surface area contributed by atoms with Crippen molar-refractivity contribution in [2.24, 2.45) is 11.8 Å². The zero-order valence-electron chi connectivity index (χ0n) is 12.2. The highest BCUT2D eigenvalue weighted by atomic mass is 16.3. The molecule has 1 aliphatic carbocycles. The summed E-state index contributed by atoms with van der Waals surface area (Å²) >= 11 is 0. The van der Waals surface area contributed by atoms with Crippen molar-refractivity contribution in [3.63, 3.8) is 0 Å². The van der Waals surface area contributed by atoms with Crippen LogP contribution in [0.2, 0.25) is 0 Å². The van der Waals surface area contributed by atoms with Crippen LogP contribution in [0, 0.1) is 11.8 Å². The lowest BCUT2D eigenvalue weighted by atomic mass is 9.78. The number of hydrogen-bond donors (Lipinski definition) is 3. The summed E-state index contributed by atoms with van der Waals surface area (Å²) in [5, 5.41) is 15.6. The zero-order chi connectivity index (χ0) is 13.8. The number of nitrogens with one attached hydrogen (secondary N) is 2. The van der Waals surface area contributed by atoms with E-state index in [1.165, 1.54) is 32.1 Å². The van der Waals surface area contributed by atoms with Crippen molar-refractivity contribution in [1.82, 2.24) is 10.6 Å². The minimum absolute atomic E-state index is 0.0479. The van der Waals surface area contributed by atoms with Crippen LogP contribution in [-0.4, -0.2) is 35.7 Å². The van der Waals surface area contributed by atoms with Gasteiger partial charge >= 0.3 is 0 Å². The second-order valence-electron chi connectivity index (χ2n) is 6.40. The topological polar surface area (TPSA) is 61.4 Å². The third-order valence-electron chi connectivity index (χ3n) is 4.98. The molecule has 4 heteroatoms. The van der Waals surface area contributed by atoms with Crippen LogP contribution >= 0.6 is 0 Å². The zero-order valence-corrected chi connectivity index (χ0v) is 12.2. The molecule has 0 aromatic heterocycles. The number of aliphatic hydroxyl groups is 1. The van der Waals surface area contributed by atoms with Gasteiger partial charge in [0.1, 0.15) is 0 Å². The normalized spacial score (nSPS) is 31.9. The van der Waals surface area contributed by atoms with E-state index in [2.05, 4.69) is 24.5 Å². The second kappa shape index (κ2) is 6.71. The van der Waals surface area contributed by atoms with Gasteiger partial charge in [-0.25, -0.2) is 0 Å². The molecule has 1 amide bonds. The van der Waals surface area contributed by atoms with Crippen molar-refractivity contribution in [3.05, 3.63) is 0 Å². The van der Waals surface area contributed by atoms with E-state index in [4.69, 9.17) is 0 Å². The molecular weight excluding hydrogens is 240 g/mol. The summed E-state index contributed by atoms with van der Waals surface area (Å²) < 4.78 is 0. The van der Waals surface area contributed by atoms with Gasteiger partial charge in [-0.3, -0.25) is 4.79 Å². The van der Waals surface area contributed by atoms with Crippen molar-refractivity contribution in [2.75, 3.05) is 6.54 Å². The first-order chi connectivity index (χ1) is 9.08. The Labute approximate surface area is 116 Å². The number of carbonyl (C=O) groups excluding carboxylic acids is 1. The molecule has 1 aliphatic heterocycles. The van der Waals surface area contributed by atoms with E-state index < -0.39 is 0 Å². The van der Waals surface area contributed by atoms with Gasteiger partial charge in [0, 0.05) is 12.6 Å². The summed E-state index contributed by atoms with van der Waals surface area (Å²) in [6.45, 7) is 4.91. The molecule has 110 valence electrons. The van der Waals surface area contributed by atoms with E-state index >= 15 is 0 Å². The van der Waals surface area contributed by atoms with Crippen LogP contribution in [0.25, 0.3) is 0 Å². The number of carbonyl (C=O) groups is 1. The molecular formula is C15H28N2O2. The second-order valence-corrected chi connectivity index (χ2v) is 6.40. The van der Waals surface area contributed by atoms with Crippen LogP contribution in [-0.2, 0) is 4.79 Å². The summed E-state index contributed by atoms with van der Waals surface area (Å²) in [5.74, 6) is 1.34. The monoisotopic (exact) mass is 268 g/mol. The van der Waals surface area contributed by atoms with Gasteiger partial charge in [0.05, 0.1) is 12.1 Å². The van der Waals surface area contributed by atoms with E-state index in [0.29, 0.717) is 18.9 Å². The summed E-state index contributed by atoms with van der Waals surface area (Å²) in [6, 6.07) is 0.00569. The predicted octanol–water partition coefficient (Wildman–Crippen LogP) is 1.43. The number of aliphatic hydroxyl groups excluding tert-OH is 1. The van der Waals surface area contributed by atoms with Gasteiger partial charge in [-0.05, 0) is 25.2 Å². The Bertz CT molecular complexity index is 303. The molecule has 4 unspecified atom stereocenters. The average Bonchev–Trinajstić information content (AvgIpc) is 2.85. The highest BCUT2D eigenvalue weighted by Crippen LogP contribution is 2.31. The van der Waals surface area contributed by atoms with Crippen LogP contribution in [0.5, 0.6) is 0 Å². The maximum absolute atomic E-state index is 12.1. The third-order valence-corrected chi connectivity index (χ3v) is 4.98. The van der Waals surface area contributed by atoms with Crippen molar-refractivity contribution in [3.8, 4) is 0 Å². The molecule has 0 spiro atoms. The number of rotatable bonds is 4. The highest BCUT2D eigenvalue weighted by Gasteiger charge is 2.31. The summed E-state index contributed by atoms with van der Waals surface area (Å²) in [5.41, 5.74) is 0. The molecule has 1 saturated carbocycles. The molecule has 2 rings (SSSR count). The first kappa shape index (κ1) is 14.8. The SMILES string of the molecule is CC(NC(=O)C1CC(O)CN1)C(C)C1CCCCC1. The minimum Gasteiger partial charge on any atom is -0.392 e. The Balaban J connectivity index is 1.79. The third kappa shape index (κ3) is 3.93. The maximum Gasteiger partial charge on any atom is 0.237 e. The molecule has 2 fully saturated rings. The first-order valence-electron chi connectivity index (χ1n) is 7.79. The van der Waals surface area contributed by atoms with Crippen LogP contribution in [0.15, 0.2) is 0 Å². The van der Waals surface area contributed by atoms with E-state index in [0.717, 1.165) is 5.92 Å². The van der Waals surface area contributed by atoms with Crippen LogP contribution in [0.1, 0.15) is 52.4 Å². The summed E-state index contributed by atoms with van der Waals surface area (Å²) in [4.78, 5) is 12.1. The Kier molecular flexibility index (Phi) is 5.22. The average molecular weight is 268 g/mol. The number of β-amino-alcohol motifs (C(OH)–C–C–N with tert-alkyl or cyclic N) is 1. The Morgan fingerprint density at radius 3 is 2.53 bits per heavy atom. The lowest BCUT2D eigenvalue weighted by Gasteiger charge is -2.32. The maximum atomic E-state index is 12.1. The van der Waals surface area contributed by atoms with Crippen molar-refractivity contribution in [1.29, 1.82) is 0 Å². The molecule has 3 N–H and O–H groups in total. The molecule has 1 saturated heterocycles. The fourth-order valence-electron chi connectivity index (χ4n) is 3.44. The van der Waals surface area contributed by atoms with Crippen molar-refractivity contribution in [2.45, 2.75) is 70.6 Å². The van der Waals surface area contributed by atoms with Gasteiger partial charge in [0.2, 0.25) is 5.91 Å². The van der Waals surface area contributed by atoms with E-state index in [1.807, 2.05) is 0 Å². The summed E-state index contributed by atoms with van der Waals surface area (Å²) in [6.07, 6.45) is 6.83. The van der Waals surface area contributed by atoms with Gasteiger partial charge < -0.3 is 15.7 Å². The van der Waals surface area contributed by atoms with Crippen LogP contribution in [0.3, 0.4) is 0 Å². The largest absolute Gasteiger partial charge is 0.392 e. The molecule has 0 bridgehead atoms. The first-order valence-corrected chi connectivity index (χ1v) is 7.79. The molecule has 19 heavy (non-hydrogen) atoms. The van der Waals surface area contributed by atoms with E-state index in [1.54, 1.807) is 0 Å². The minimum atomic E-state index is -0.373. The van der Waals surface area contributed by atoms with Gasteiger partial charge in [-0.15, -0.1) is 0 Å². The quantitative estimate of drug-likeness (QED) is 0.723. The fraction of sp³-hybridized carbons (Fsp3) is 0.933. The predicted molar refractivity (Wildman–Crippen MR) is 75.8 cm³/mol. The Morgan fingerprint density at radius 2 is 1.95 bits per heavy atom. The van der Waals surface area contributed by atoms with Crippen molar-refractivity contribution >= 4 is 5.91 Å². The van der Waals surface area contributed by atoms with Gasteiger partial charge in [-0.2, -0.15) is 0 Å². The van der Waals surface area contributed by atoms with Gasteiger partial charge in [-0.1, -0.05) is 39.0 Å². The van der Waals surface area contributed by atoms with Crippen LogP contribution in [0.4, 0.5) is 0 Å². The standard InChI is InChI=1S/C15H28N2O2/c1-10(12-6-4-3-5-7-12)11(2)17-15(19)14-8-13(18)9-16-14/h10-14,16,18H,3-9H2,1-2H3,(H,17,19). The lowest BCUT2D eigenvalue weighted by molar-refractivity contribution is -0.124. The molecule has 2 aliphatic rings. The smallest absolute Gasteiger partial charge is 0.237 e. The highest BCUT2D eigenvalue weighted by molar-refractivity contribution is 5.82. The molecule has 0 aromatic carbocycles. The molecule has 0 aromatic rings. The Morgan fingerprint density at radius 1 is 1.26 bits per heavy atom. The number of amides is 1. The molecule has 4 nitrogen and oxygen atoms in total. The molecule has 1 heterocycles. The van der Waals surface area contributed by atoms with E-state index in [-0.39, 0.29) is 24.1 Å². The van der Waals surface area contributed by atoms with Gasteiger partial charge in [0.15, 0.2) is 0 Å². The molecule has 0 radical (unpaired) electrons. The van der Waals surface area contributed by atoms with Gasteiger partial charge in [0.25, 0.3) is 0 Å². The fourth-order valence-corrected chi connectivity index (χ4v) is 3.44. The van der Waals surface area contributed by atoms with Crippen LogP contribution < -0.4 is 10.6 Å². The Hall–Kier alpha value is -0.610. The molecule has 4 atom stereocenters. The van der Waals surface area contributed by atoms with Crippen molar-refractivity contribution < 1.29 is 9.90 Å². The lowest BCUT2D eigenvalue weighted by Crippen LogP contribution is -2.47. The number of hydrogen-bond acceptors (Lipinski definition) is 3.